The number of halogens is 1. The molecule has 3 aromatic carbocycles. The van der Waals surface area contributed by atoms with E-state index < -0.39 is 5.82 Å². The zero-order chi connectivity index (χ0) is 28.8. The maximum absolute atomic E-state index is 14.8. The van der Waals surface area contributed by atoms with Gasteiger partial charge in [-0.2, -0.15) is 15.0 Å². The monoisotopic (exact) mass is 558 g/mol. The van der Waals surface area contributed by atoms with Gasteiger partial charge in [-0.25, -0.2) is 4.39 Å². The molecule has 11 heteroatoms. The molecular weight excluding hydrogens is 527 g/mol. The van der Waals surface area contributed by atoms with Gasteiger partial charge < -0.3 is 20.6 Å². The number of aromatic hydroxyl groups is 1. The van der Waals surface area contributed by atoms with E-state index in [4.69, 9.17) is 0 Å². The predicted molar refractivity (Wildman–Crippen MR) is 151 cm³/mol. The lowest BCUT2D eigenvalue weighted by atomic mass is 9.98. The maximum Gasteiger partial charge on any atom is 0.251 e. The summed E-state index contributed by atoms with van der Waals surface area (Å²) in [4.78, 5) is 41.6. The van der Waals surface area contributed by atoms with Crippen LogP contribution in [-0.4, -0.2) is 68.9 Å². The molecule has 0 saturated heterocycles. The van der Waals surface area contributed by atoms with Crippen LogP contribution in [0, 0.1) is 5.82 Å². The van der Waals surface area contributed by atoms with Crippen LogP contribution in [0.3, 0.4) is 0 Å². The minimum Gasteiger partial charge on any atom is -0.507 e. The van der Waals surface area contributed by atoms with Crippen molar-refractivity contribution in [1.29, 1.82) is 0 Å². The van der Waals surface area contributed by atoms with Crippen molar-refractivity contribution in [1.82, 2.24) is 30.5 Å². The average molecular weight is 559 g/mol. The molecule has 2 heterocycles. The predicted octanol–water partition coefficient (Wildman–Crippen LogP) is 3.04. The lowest BCUT2D eigenvalue weighted by Gasteiger charge is -2.22. The number of nitrogens with zero attached hydrogens (tertiary/aromatic N) is 4. The van der Waals surface area contributed by atoms with Crippen molar-refractivity contribution in [2.45, 2.75) is 32.2 Å². The molecule has 5 rings (SSSR count). The summed E-state index contributed by atoms with van der Waals surface area (Å²) in [7, 11) is 0. The van der Waals surface area contributed by atoms with Crippen LogP contribution in [0.5, 0.6) is 5.75 Å². The van der Waals surface area contributed by atoms with Gasteiger partial charge in [0.15, 0.2) is 0 Å². The smallest absolute Gasteiger partial charge is 0.251 e. The first-order valence-corrected chi connectivity index (χ1v) is 13.6. The minimum absolute atomic E-state index is 0.0447. The summed E-state index contributed by atoms with van der Waals surface area (Å²) in [6.45, 7) is 1.31. The summed E-state index contributed by atoms with van der Waals surface area (Å²) >= 11 is 0. The topological polar surface area (TPSA) is 129 Å². The standard InChI is InChI=1S/C30H31FN6O4/c31-24-10-9-21-18-22(24)23-17-20(8-11-27(23)38)12-14-32-28(39)7-3-15-36(16-4-13-33-30(21)41)29(40)19-37-34-25-5-1-2-6-26(25)35-37/h1-2,5-6,8-11,17-18,38H,3-4,7,12-16,19H2,(H,32,39)(H,33,41). The summed E-state index contributed by atoms with van der Waals surface area (Å²) in [5, 5.41) is 24.9. The number of carbonyl (C=O) groups excluding carboxylic acids is 3. The molecule has 10 nitrogen and oxygen atoms in total. The van der Waals surface area contributed by atoms with E-state index in [9.17, 15) is 23.9 Å². The van der Waals surface area contributed by atoms with E-state index in [1.165, 1.54) is 29.1 Å². The van der Waals surface area contributed by atoms with Crippen molar-refractivity contribution < 1.29 is 23.9 Å². The van der Waals surface area contributed by atoms with E-state index in [1.807, 2.05) is 24.3 Å². The van der Waals surface area contributed by atoms with Crippen molar-refractivity contribution >= 4 is 28.8 Å². The van der Waals surface area contributed by atoms with E-state index in [0.717, 1.165) is 5.56 Å². The Bertz CT molecular complexity index is 1550. The number of nitrogens with one attached hydrogen (secondary N) is 2. The van der Waals surface area contributed by atoms with E-state index in [1.54, 1.807) is 17.0 Å². The van der Waals surface area contributed by atoms with Crippen LogP contribution in [0.25, 0.3) is 22.2 Å². The molecule has 0 unspecified atom stereocenters. The number of amides is 3. The highest BCUT2D eigenvalue weighted by Gasteiger charge is 2.18. The molecular formula is C30H31FN6O4. The van der Waals surface area contributed by atoms with Crippen molar-refractivity contribution in [3.05, 3.63) is 77.6 Å². The van der Waals surface area contributed by atoms with Gasteiger partial charge in [0.1, 0.15) is 29.1 Å². The summed E-state index contributed by atoms with van der Waals surface area (Å²) in [6.07, 6.45) is 1.64. The van der Waals surface area contributed by atoms with Crippen LogP contribution in [0.1, 0.15) is 35.2 Å². The van der Waals surface area contributed by atoms with Gasteiger partial charge in [-0.3, -0.25) is 14.4 Å². The SMILES string of the molecule is O=C1CCCN(C(=O)Cn2nc3ccccc3n2)CCCNC(=O)c2ccc(F)c(c2)-c2cc(ccc2O)CCN1. The van der Waals surface area contributed by atoms with Crippen LogP contribution in [0.15, 0.2) is 60.7 Å². The molecule has 0 spiro atoms. The molecule has 3 N–H and O–H groups in total. The molecule has 212 valence electrons. The van der Waals surface area contributed by atoms with Crippen LogP contribution >= 0.6 is 0 Å². The molecule has 0 atom stereocenters. The largest absolute Gasteiger partial charge is 0.507 e. The quantitative estimate of drug-likeness (QED) is 0.347. The Kier molecular flexibility index (Phi) is 8.52. The second-order valence-corrected chi connectivity index (χ2v) is 9.96. The lowest BCUT2D eigenvalue weighted by molar-refractivity contribution is -0.133. The first kappa shape index (κ1) is 27.8. The molecule has 3 amide bonds. The van der Waals surface area contributed by atoms with Crippen LogP contribution in [0.2, 0.25) is 0 Å². The van der Waals surface area contributed by atoms with Gasteiger partial charge in [0.25, 0.3) is 5.91 Å². The zero-order valence-corrected chi connectivity index (χ0v) is 22.5. The molecule has 4 bridgehead atoms. The third kappa shape index (κ3) is 6.86. The minimum atomic E-state index is -0.568. The highest BCUT2D eigenvalue weighted by molar-refractivity contribution is 5.95. The summed E-state index contributed by atoms with van der Waals surface area (Å²) < 4.78 is 14.8. The van der Waals surface area contributed by atoms with Crippen molar-refractivity contribution in [3.63, 3.8) is 0 Å². The molecule has 0 radical (unpaired) electrons. The number of phenols is 1. The third-order valence-electron chi connectivity index (χ3n) is 7.00. The van der Waals surface area contributed by atoms with Crippen LogP contribution in [0.4, 0.5) is 4.39 Å². The van der Waals surface area contributed by atoms with Gasteiger partial charge in [-0.05, 0) is 67.3 Å². The molecule has 0 saturated carbocycles. The highest BCUT2D eigenvalue weighted by atomic mass is 19.1. The van der Waals surface area contributed by atoms with E-state index >= 15 is 0 Å². The zero-order valence-electron chi connectivity index (χ0n) is 22.5. The van der Waals surface area contributed by atoms with Gasteiger partial charge in [0, 0.05) is 49.3 Å². The molecule has 0 aliphatic carbocycles. The summed E-state index contributed by atoms with van der Waals surface area (Å²) in [5.74, 6) is -1.39. The van der Waals surface area contributed by atoms with Crippen LogP contribution < -0.4 is 10.6 Å². The molecule has 4 aromatic rings. The fourth-order valence-corrected chi connectivity index (χ4v) is 4.82. The molecule has 1 aromatic heterocycles. The van der Waals surface area contributed by atoms with Gasteiger partial charge in [-0.15, -0.1) is 0 Å². The van der Waals surface area contributed by atoms with Gasteiger partial charge in [-0.1, -0.05) is 18.2 Å². The second kappa shape index (κ2) is 12.6. The Morgan fingerprint density at radius 2 is 1.63 bits per heavy atom. The second-order valence-electron chi connectivity index (χ2n) is 9.96. The van der Waals surface area contributed by atoms with Crippen molar-refractivity contribution in [3.8, 4) is 16.9 Å². The van der Waals surface area contributed by atoms with E-state index in [-0.39, 0.29) is 59.7 Å². The van der Waals surface area contributed by atoms with Gasteiger partial charge >= 0.3 is 0 Å². The van der Waals surface area contributed by atoms with Crippen LogP contribution in [-0.2, 0) is 22.6 Å². The van der Waals surface area contributed by atoms with E-state index in [2.05, 4.69) is 20.8 Å². The van der Waals surface area contributed by atoms with Crippen molar-refractivity contribution in [2.75, 3.05) is 26.2 Å². The Morgan fingerprint density at radius 1 is 0.878 bits per heavy atom. The lowest BCUT2D eigenvalue weighted by Crippen LogP contribution is -2.38. The van der Waals surface area contributed by atoms with Crippen molar-refractivity contribution in [2.24, 2.45) is 0 Å². The Balaban J connectivity index is 1.32. The Hall–Kier alpha value is -4.80. The number of carbonyl (C=O) groups is 3. The molecule has 41 heavy (non-hydrogen) atoms. The Morgan fingerprint density at radius 3 is 2.41 bits per heavy atom. The highest BCUT2D eigenvalue weighted by Crippen LogP contribution is 2.33. The Labute approximate surface area is 236 Å². The van der Waals surface area contributed by atoms with Gasteiger partial charge in [0.2, 0.25) is 11.8 Å². The summed E-state index contributed by atoms with van der Waals surface area (Å²) in [5.41, 5.74) is 2.81. The maximum atomic E-state index is 14.8. The molecule has 1 aliphatic heterocycles. The van der Waals surface area contributed by atoms with E-state index in [0.29, 0.717) is 49.9 Å². The summed E-state index contributed by atoms with van der Waals surface area (Å²) in [6, 6.07) is 16.2. The third-order valence-corrected chi connectivity index (χ3v) is 7.00. The number of aromatic nitrogens is 3. The van der Waals surface area contributed by atoms with Gasteiger partial charge in [0.05, 0.1) is 0 Å². The molecule has 1 aliphatic rings. The fourth-order valence-electron chi connectivity index (χ4n) is 4.82. The molecule has 0 fully saturated rings. The number of benzene rings is 3. The first-order chi connectivity index (χ1) is 19.9. The first-order valence-electron chi connectivity index (χ1n) is 13.6. The number of hydrogen-bond acceptors (Lipinski definition) is 6. The average Bonchev–Trinajstić information content (AvgIpc) is 3.37. The number of fused-ring (bicyclic) bond motifs is 6. The fraction of sp³-hybridized carbons (Fsp3) is 0.300. The number of rotatable bonds is 2. The number of hydrogen-bond donors (Lipinski definition) is 3. The number of phenolic OH excluding ortho intramolecular Hbond substituents is 1. The normalized spacial score (nSPS) is 15.4.